The molecule has 1 saturated carbocycles. The zero-order valence-electron chi connectivity index (χ0n) is 12.1. The summed E-state index contributed by atoms with van der Waals surface area (Å²) in [5.41, 5.74) is 7.06. The van der Waals surface area contributed by atoms with E-state index in [1.54, 1.807) is 0 Å². The summed E-state index contributed by atoms with van der Waals surface area (Å²) >= 11 is 12.8. The molecule has 0 amide bonds. The van der Waals surface area contributed by atoms with Gasteiger partial charge in [0.1, 0.15) is 0 Å². The molecule has 2 fully saturated rings. The second kappa shape index (κ2) is 6.84. The Labute approximate surface area is 136 Å². The first-order chi connectivity index (χ1) is 10.2. The predicted octanol–water partition coefficient (Wildman–Crippen LogP) is 3.64. The van der Waals surface area contributed by atoms with Crippen LogP contribution in [0, 0.1) is 0 Å². The molecule has 1 aliphatic carbocycles. The minimum absolute atomic E-state index is 0.0701. The molecule has 1 aromatic carbocycles. The summed E-state index contributed by atoms with van der Waals surface area (Å²) in [4.78, 5) is 2.47. The monoisotopic (exact) mass is 328 g/mol. The molecule has 0 spiro atoms. The average molecular weight is 329 g/mol. The summed E-state index contributed by atoms with van der Waals surface area (Å²) in [7, 11) is 0. The van der Waals surface area contributed by atoms with Gasteiger partial charge in [-0.15, -0.1) is 0 Å². The highest BCUT2D eigenvalue weighted by molar-refractivity contribution is 6.36. The summed E-state index contributed by atoms with van der Waals surface area (Å²) < 4.78 is 5.95. The van der Waals surface area contributed by atoms with Crippen LogP contribution in [0.2, 0.25) is 10.0 Å². The zero-order valence-corrected chi connectivity index (χ0v) is 13.6. The molecule has 5 heteroatoms. The fourth-order valence-electron chi connectivity index (χ4n) is 3.76. The maximum absolute atomic E-state index is 6.40. The third-order valence-electron chi connectivity index (χ3n) is 4.73. The summed E-state index contributed by atoms with van der Waals surface area (Å²) in [6, 6.07) is 6.17. The van der Waals surface area contributed by atoms with E-state index in [9.17, 15) is 0 Å². The molecule has 3 rings (SSSR count). The minimum Gasteiger partial charge on any atom is -0.375 e. The van der Waals surface area contributed by atoms with Gasteiger partial charge in [-0.05, 0) is 25.0 Å². The Bertz CT molecular complexity index is 475. The zero-order chi connectivity index (χ0) is 14.8. The van der Waals surface area contributed by atoms with Crippen molar-refractivity contribution in [1.29, 1.82) is 0 Å². The minimum atomic E-state index is 0.0701. The second-order valence-corrected chi connectivity index (χ2v) is 6.70. The Hall–Kier alpha value is -0.320. The van der Waals surface area contributed by atoms with Gasteiger partial charge in [-0.2, -0.15) is 0 Å². The standard InChI is InChI=1S/C16H22Cl2N2O/c17-11-4-3-5-12(18)16(11)14(10-19)20-8-9-21-15-7-2-1-6-13(15)20/h3-5,13-15H,1-2,6-10,19H2. The number of morpholine rings is 1. The van der Waals surface area contributed by atoms with Crippen molar-refractivity contribution in [2.24, 2.45) is 5.73 Å². The number of hydrogen-bond donors (Lipinski definition) is 1. The van der Waals surface area contributed by atoms with Crippen molar-refractivity contribution in [3.63, 3.8) is 0 Å². The molecule has 0 radical (unpaired) electrons. The van der Waals surface area contributed by atoms with Crippen LogP contribution in [0.1, 0.15) is 37.3 Å². The number of halogens is 2. The molecule has 1 heterocycles. The van der Waals surface area contributed by atoms with Gasteiger partial charge < -0.3 is 10.5 Å². The first-order valence-electron chi connectivity index (χ1n) is 7.73. The van der Waals surface area contributed by atoms with Gasteiger partial charge in [-0.3, -0.25) is 4.90 Å². The maximum Gasteiger partial charge on any atom is 0.0731 e. The molecule has 3 atom stereocenters. The van der Waals surface area contributed by atoms with Crippen molar-refractivity contribution in [3.8, 4) is 0 Å². The first kappa shape index (κ1) is 15.6. The van der Waals surface area contributed by atoms with Gasteiger partial charge in [0.2, 0.25) is 0 Å². The van der Waals surface area contributed by atoms with E-state index >= 15 is 0 Å². The Morgan fingerprint density at radius 2 is 1.95 bits per heavy atom. The van der Waals surface area contributed by atoms with E-state index in [0.717, 1.165) is 25.1 Å². The normalized spacial score (nSPS) is 28.1. The van der Waals surface area contributed by atoms with E-state index in [0.29, 0.717) is 28.7 Å². The maximum atomic E-state index is 6.40. The number of hydrogen-bond acceptors (Lipinski definition) is 3. The smallest absolute Gasteiger partial charge is 0.0731 e. The van der Waals surface area contributed by atoms with Gasteiger partial charge in [0.15, 0.2) is 0 Å². The average Bonchev–Trinajstić information content (AvgIpc) is 2.51. The molecule has 2 N–H and O–H groups in total. The second-order valence-electron chi connectivity index (χ2n) is 5.89. The van der Waals surface area contributed by atoms with Crippen molar-refractivity contribution in [2.45, 2.75) is 43.9 Å². The van der Waals surface area contributed by atoms with E-state index in [1.807, 2.05) is 18.2 Å². The van der Waals surface area contributed by atoms with Crippen molar-refractivity contribution >= 4 is 23.2 Å². The van der Waals surface area contributed by atoms with Crippen LogP contribution in [0.3, 0.4) is 0 Å². The largest absolute Gasteiger partial charge is 0.375 e. The van der Waals surface area contributed by atoms with Crippen LogP contribution in [0.15, 0.2) is 18.2 Å². The van der Waals surface area contributed by atoms with Crippen LogP contribution >= 0.6 is 23.2 Å². The van der Waals surface area contributed by atoms with Crippen molar-refractivity contribution in [2.75, 3.05) is 19.7 Å². The highest BCUT2D eigenvalue weighted by Crippen LogP contribution is 2.38. The number of nitrogens with two attached hydrogens (primary N) is 1. The third-order valence-corrected chi connectivity index (χ3v) is 5.39. The van der Waals surface area contributed by atoms with Crippen LogP contribution in [0.5, 0.6) is 0 Å². The lowest BCUT2D eigenvalue weighted by Gasteiger charge is -2.47. The fraction of sp³-hybridized carbons (Fsp3) is 0.625. The van der Waals surface area contributed by atoms with Gasteiger partial charge in [0.05, 0.1) is 18.8 Å². The molecule has 3 unspecified atom stereocenters. The topological polar surface area (TPSA) is 38.5 Å². The number of ether oxygens (including phenoxy) is 1. The molecule has 21 heavy (non-hydrogen) atoms. The highest BCUT2D eigenvalue weighted by Gasteiger charge is 2.38. The lowest BCUT2D eigenvalue weighted by atomic mass is 9.88. The predicted molar refractivity (Wildman–Crippen MR) is 87.0 cm³/mol. The molecule has 116 valence electrons. The van der Waals surface area contributed by atoms with Gasteiger partial charge in [0.25, 0.3) is 0 Å². The molecule has 3 nitrogen and oxygen atoms in total. The Morgan fingerprint density at radius 1 is 1.24 bits per heavy atom. The van der Waals surface area contributed by atoms with E-state index < -0.39 is 0 Å². The Kier molecular flexibility index (Phi) is 5.07. The molecule has 1 aromatic rings. The summed E-state index contributed by atoms with van der Waals surface area (Å²) in [5, 5.41) is 1.41. The lowest BCUT2D eigenvalue weighted by molar-refractivity contribution is -0.102. The molecule has 1 saturated heterocycles. The number of nitrogens with zero attached hydrogens (tertiary/aromatic N) is 1. The van der Waals surface area contributed by atoms with Crippen molar-refractivity contribution < 1.29 is 4.74 Å². The molecule has 0 bridgehead atoms. The van der Waals surface area contributed by atoms with Gasteiger partial charge in [0, 0.05) is 34.7 Å². The number of fused-ring (bicyclic) bond motifs is 1. The number of benzene rings is 1. The Balaban J connectivity index is 1.91. The van der Waals surface area contributed by atoms with Gasteiger partial charge >= 0.3 is 0 Å². The van der Waals surface area contributed by atoms with Crippen LogP contribution in [0.25, 0.3) is 0 Å². The summed E-state index contributed by atoms with van der Waals surface area (Å²) in [6.07, 6.45) is 5.17. The molecular formula is C16H22Cl2N2O. The van der Waals surface area contributed by atoms with Gasteiger partial charge in [-0.25, -0.2) is 0 Å². The van der Waals surface area contributed by atoms with Crippen molar-refractivity contribution in [1.82, 2.24) is 4.90 Å². The molecular weight excluding hydrogens is 307 g/mol. The van der Waals surface area contributed by atoms with Gasteiger partial charge in [-0.1, -0.05) is 42.1 Å². The summed E-state index contributed by atoms with van der Waals surface area (Å²) in [5.74, 6) is 0. The highest BCUT2D eigenvalue weighted by atomic mass is 35.5. The molecule has 2 aliphatic rings. The van der Waals surface area contributed by atoms with Crippen molar-refractivity contribution in [3.05, 3.63) is 33.8 Å². The summed E-state index contributed by atoms with van der Waals surface area (Å²) in [6.45, 7) is 2.18. The Morgan fingerprint density at radius 3 is 2.67 bits per heavy atom. The molecule has 0 aromatic heterocycles. The van der Waals surface area contributed by atoms with E-state index in [1.165, 1.54) is 19.3 Å². The first-order valence-corrected chi connectivity index (χ1v) is 8.49. The number of rotatable bonds is 3. The van der Waals surface area contributed by atoms with E-state index in [2.05, 4.69) is 4.90 Å². The van der Waals surface area contributed by atoms with Crippen LogP contribution in [-0.2, 0) is 4.74 Å². The van der Waals surface area contributed by atoms with Crippen LogP contribution in [-0.4, -0.2) is 36.7 Å². The van der Waals surface area contributed by atoms with E-state index in [4.69, 9.17) is 33.7 Å². The fourth-order valence-corrected chi connectivity index (χ4v) is 4.41. The van der Waals surface area contributed by atoms with E-state index in [-0.39, 0.29) is 6.04 Å². The SMILES string of the molecule is NCC(c1c(Cl)cccc1Cl)N1CCOC2CCCCC21. The van der Waals surface area contributed by atoms with Crippen LogP contribution < -0.4 is 5.73 Å². The lowest BCUT2D eigenvalue weighted by Crippen LogP contribution is -2.55. The molecule has 1 aliphatic heterocycles. The van der Waals surface area contributed by atoms with Crippen LogP contribution in [0.4, 0.5) is 0 Å². The quantitative estimate of drug-likeness (QED) is 0.920. The third kappa shape index (κ3) is 3.08.